The van der Waals surface area contributed by atoms with Crippen LogP contribution in [-0.2, 0) is 0 Å². The average Bonchev–Trinajstić information content (AvgIpc) is 3.16. The average molecular weight is 435 g/mol. The van der Waals surface area contributed by atoms with Crippen molar-refractivity contribution in [1.29, 1.82) is 0 Å². The molecule has 6 nitrogen and oxygen atoms in total. The van der Waals surface area contributed by atoms with Gasteiger partial charge in [-0.15, -0.1) is 0 Å². The van der Waals surface area contributed by atoms with Crippen molar-refractivity contribution in [1.82, 2.24) is 19.7 Å². The van der Waals surface area contributed by atoms with E-state index in [9.17, 15) is 18.0 Å². The Balaban J connectivity index is 1.69. The number of anilines is 1. The molecule has 0 aromatic carbocycles. The van der Waals surface area contributed by atoms with E-state index in [0.29, 0.717) is 35.7 Å². The lowest BCUT2D eigenvalue weighted by Gasteiger charge is -2.35. The van der Waals surface area contributed by atoms with Gasteiger partial charge in [-0.2, -0.15) is 18.3 Å². The van der Waals surface area contributed by atoms with Gasteiger partial charge in [-0.25, -0.2) is 4.68 Å². The predicted octanol–water partition coefficient (Wildman–Crippen LogP) is 4.90. The fraction of sp³-hybridized carbons (Fsp3) is 0.591. The van der Waals surface area contributed by atoms with Crippen LogP contribution in [0.2, 0.25) is 0 Å². The van der Waals surface area contributed by atoms with Crippen LogP contribution in [0.4, 0.5) is 19.0 Å². The number of hydrogen-bond acceptors (Lipinski definition) is 4. The van der Waals surface area contributed by atoms with Gasteiger partial charge in [0, 0.05) is 30.5 Å². The Labute approximate surface area is 179 Å². The first-order chi connectivity index (χ1) is 14.7. The molecule has 0 unspecified atom stereocenters. The number of pyridine rings is 1. The van der Waals surface area contributed by atoms with Gasteiger partial charge in [-0.3, -0.25) is 9.78 Å². The van der Waals surface area contributed by atoms with Crippen LogP contribution >= 0.6 is 0 Å². The summed E-state index contributed by atoms with van der Waals surface area (Å²) in [6, 6.07) is 2.84. The number of nitrogens with one attached hydrogen (secondary N) is 1. The van der Waals surface area contributed by atoms with Crippen molar-refractivity contribution < 1.29 is 18.0 Å². The van der Waals surface area contributed by atoms with E-state index >= 15 is 0 Å². The second-order valence-electron chi connectivity index (χ2n) is 8.83. The maximum absolute atomic E-state index is 13.8. The van der Waals surface area contributed by atoms with Crippen LogP contribution in [-0.4, -0.2) is 44.3 Å². The molecular weight excluding hydrogens is 407 g/mol. The summed E-state index contributed by atoms with van der Waals surface area (Å²) in [6.07, 6.45) is -0.385. The third-order valence-electron chi connectivity index (χ3n) is 6.39. The summed E-state index contributed by atoms with van der Waals surface area (Å²) in [5.74, 6) is 0.276. The van der Waals surface area contributed by atoms with E-state index in [2.05, 4.69) is 15.4 Å². The van der Waals surface area contributed by atoms with Gasteiger partial charge in [0.2, 0.25) is 0 Å². The third kappa shape index (κ3) is 4.14. The Morgan fingerprint density at radius 2 is 2.06 bits per heavy atom. The molecule has 2 aromatic rings. The molecule has 4 heterocycles. The molecule has 0 saturated carbocycles. The molecule has 0 bridgehead atoms. The lowest BCUT2D eigenvalue weighted by atomic mass is 9.94. The maximum Gasteiger partial charge on any atom is 0.410 e. The second kappa shape index (κ2) is 8.16. The number of amides is 1. The Kier molecular flexibility index (Phi) is 5.70. The second-order valence-corrected chi connectivity index (χ2v) is 8.83. The van der Waals surface area contributed by atoms with E-state index in [0.717, 1.165) is 17.5 Å². The molecule has 4 rings (SSSR count). The van der Waals surface area contributed by atoms with Gasteiger partial charge >= 0.3 is 6.18 Å². The standard InChI is InChI=1S/C22H28F3N5O/c1-13(2)16-11-19(22(23,24)25)30-20(27-16)12-17(28-30)18-8-4-5-10-29(18)21(31)15-7-6-9-26-14(15)3/h6-7,9,12-13,16,18-19,27H,4-5,8,10-11H2,1-3H3/t16-,18+,19+/m0/s1. The summed E-state index contributed by atoms with van der Waals surface area (Å²) in [4.78, 5) is 19.2. The molecular formula is C22H28F3N5O. The van der Waals surface area contributed by atoms with E-state index in [1.807, 2.05) is 13.8 Å². The van der Waals surface area contributed by atoms with Gasteiger partial charge in [0.1, 0.15) is 5.82 Å². The van der Waals surface area contributed by atoms with Gasteiger partial charge in [-0.1, -0.05) is 13.8 Å². The lowest BCUT2D eigenvalue weighted by molar-refractivity contribution is -0.174. The zero-order valence-electron chi connectivity index (χ0n) is 18.0. The lowest BCUT2D eigenvalue weighted by Crippen LogP contribution is -2.41. The number of aryl methyl sites for hydroxylation is 1. The van der Waals surface area contributed by atoms with E-state index in [1.165, 1.54) is 0 Å². The molecule has 2 aromatic heterocycles. The van der Waals surface area contributed by atoms with Crippen molar-refractivity contribution in [3.63, 3.8) is 0 Å². The van der Waals surface area contributed by atoms with Crippen LogP contribution in [0.1, 0.15) is 73.4 Å². The minimum atomic E-state index is -4.39. The monoisotopic (exact) mass is 435 g/mol. The number of aromatic nitrogens is 3. The van der Waals surface area contributed by atoms with Crippen LogP contribution in [0.15, 0.2) is 24.4 Å². The van der Waals surface area contributed by atoms with Crippen LogP contribution < -0.4 is 5.32 Å². The summed E-state index contributed by atoms with van der Waals surface area (Å²) < 4.78 is 42.5. The maximum atomic E-state index is 13.8. The van der Waals surface area contributed by atoms with Gasteiger partial charge in [0.05, 0.1) is 17.3 Å². The molecule has 31 heavy (non-hydrogen) atoms. The van der Waals surface area contributed by atoms with Crippen LogP contribution in [0.25, 0.3) is 0 Å². The number of carbonyl (C=O) groups excluding carboxylic acids is 1. The number of carbonyl (C=O) groups is 1. The van der Waals surface area contributed by atoms with Crippen molar-refractivity contribution in [2.24, 2.45) is 5.92 Å². The van der Waals surface area contributed by atoms with Gasteiger partial charge in [0.15, 0.2) is 6.04 Å². The van der Waals surface area contributed by atoms with Crippen molar-refractivity contribution in [2.45, 2.75) is 70.8 Å². The Morgan fingerprint density at radius 3 is 2.74 bits per heavy atom. The highest BCUT2D eigenvalue weighted by atomic mass is 19.4. The summed E-state index contributed by atoms with van der Waals surface area (Å²) in [6.45, 7) is 6.15. The molecule has 2 aliphatic heterocycles. The van der Waals surface area contributed by atoms with Crippen LogP contribution in [0.3, 0.4) is 0 Å². The number of alkyl halides is 3. The van der Waals surface area contributed by atoms with Gasteiger partial charge in [0.25, 0.3) is 5.91 Å². The first-order valence-corrected chi connectivity index (χ1v) is 10.8. The normalized spacial score (nSPS) is 24.1. The smallest absolute Gasteiger partial charge is 0.367 e. The highest BCUT2D eigenvalue weighted by Gasteiger charge is 2.47. The Bertz CT molecular complexity index is 955. The largest absolute Gasteiger partial charge is 0.410 e. The molecule has 9 heteroatoms. The molecule has 1 N–H and O–H groups in total. The summed E-state index contributed by atoms with van der Waals surface area (Å²) in [7, 11) is 0. The summed E-state index contributed by atoms with van der Waals surface area (Å²) >= 11 is 0. The summed E-state index contributed by atoms with van der Waals surface area (Å²) in [5.41, 5.74) is 1.67. The number of fused-ring (bicyclic) bond motifs is 1. The molecule has 168 valence electrons. The van der Waals surface area contributed by atoms with Crippen LogP contribution in [0.5, 0.6) is 0 Å². The number of rotatable bonds is 3. The van der Waals surface area contributed by atoms with Crippen molar-refractivity contribution in [3.8, 4) is 0 Å². The fourth-order valence-corrected chi connectivity index (χ4v) is 4.57. The number of piperidine rings is 1. The quantitative estimate of drug-likeness (QED) is 0.745. The highest BCUT2D eigenvalue weighted by Crippen LogP contribution is 2.42. The van der Waals surface area contributed by atoms with Crippen molar-refractivity contribution in [3.05, 3.63) is 41.3 Å². The molecule has 1 amide bonds. The molecule has 3 atom stereocenters. The van der Waals surface area contributed by atoms with Crippen LogP contribution in [0, 0.1) is 12.8 Å². The zero-order valence-corrected chi connectivity index (χ0v) is 18.0. The number of nitrogens with zero attached hydrogens (tertiary/aromatic N) is 4. The number of likely N-dealkylation sites (tertiary alicyclic amines) is 1. The minimum absolute atomic E-state index is 0.0539. The molecule has 0 spiro atoms. The predicted molar refractivity (Wildman–Crippen MR) is 111 cm³/mol. The third-order valence-corrected chi connectivity index (χ3v) is 6.39. The first kappa shape index (κ1) is 21.6. The van der Waals surface area contributed by atoms with Gasteiger partial charge < -0.3 is 10.2 Å². The molecule has 0 radical (unpaired) electrons. The minimum Gasteiger partial charge on any atom is -0.367 e. The first-order valence-electron chi connectivity index (χ1n) is 10.8. The van der Waals surface area contributed by atoms with E-state index in [1.54, 1.807) is 36.2 Å². The molecule has 1 saturated heterocycles. The molecule has 2 aliphatic rings. The van der Waals surface area contributed by atoms with E-state index < -0.39 is 12.2 Å². The molecule has 0 aliphatic carbocycles. The van der Waals surface area contributed by atoms with Crippen molar-refractivity contribution in [2.75, 3.05) is 11.9 Å². The summed E-state index contributed by atoms with van der Waals surface area (Å²) in [5, 5.41) is 7.62. The SMILES string of the molecule is Cc1ncccc1C(=O)N1CCCC[C@@H]1c1cc2n(n1)[C@@H](C(F)(F)F)C[C@@H](C(C)C)N2. The van der Waals surface area contributed by atoms with E-state index in [-0.39, 0.29) is 30.3 Å². The number of hydrogen-bond donors (Lipinski definition) is 1. The van der Waals surface area contributed by atoms with E-state index in [4.69, 9.17) is 0 Å². The number of halogens is 3. The topological polar surface area (TPSA) is 63.1 Å². The highest BCUT2D eigenvalue weighted by molar-refractivity contribution is 5.95. The van der Waals surface area contributed by atoms with Crippen molar-refractivity contribution >= 4 is 11.7 Å². The molecule has 1 fully saturated rings. The van der Waals surface area contributed by atoms with Gasteiger partial charge in [-0.05, 0) is 50.7 Å². The Morgan fingerprint density at radius 1 is 1.29 bits per heavy atom. The fourth-order valence-electron chi connectivity index (χ4n) is 4.57. The Hall–Kier alpha value is -2.58. The zero-order chi connectivity index (χ0) is 22.3.